The van der Waals surface area contributed by atoms with Crippen molar-refractivity contribution in [1.82, 2.24) is 4.90 Å². The Labute approximate surface area is 136 Å². The molecule has 1 aromatic carbocycles. The Kier molecular flexibility index (Phi) is 5.60. The van der Waals surface area contributed by atoms with Crippen LogP contribution in [0.3, 0.4) is 0 Å². The standard InChI is InChI=1S/C17H24N2O4/c1-11(2)16(20)18-14-5-6-15-13(9-14)10-19(7-8-22-4)17(21)12(3)23-15/h5-6,9,11-12H,7-8,10H2,1-4H3,(H,18,20). The Hall–Kier alpha value is -2.08. The lowest BCUT2D eigenvalue weighted by atomic mass is 10.1. The van der Waals surface area contributed by atoms with E-state index in [4.69, 9.17) is 9.47 Å². The molecule has 1 aromatic rings. The van der Waals surface area contributed by atoms with E-state index >= 15 is 0 Å². The van der Waals surface area contributed by atoms with E-state index in [0.717, 1.165) is 5.56 Å². The second-order valence-corrected chi connectivity index (χ2v) is 5.98. The van der Waals surface area contributed by atoms with Crippen LogP contribution in [-0.2, 0) is 20.9 Å². The average molecular weight is 320 g/mol. The molecule has 6 heteroatoms. The molecule has 1 unspecified atom stereocenters. The molecule has 0 fully saturated rings. The zero-order chi connectivity index (χ0) is 17.0. The molecule has 0 saturated heterocycles. The van der Waals surface area contributed by atoms with Crippen molar-refractivity contribution in [2.24, 2.45) is 5.92 Å². The topological polar surface area (TPSA) is 67.9 Å². The lowest BCUT2D eigenvalue weighted by molar-refractivity contribution is -0.138. The summed E-state index contributed by atoms with van der Waals surface area (Å²) in [7, 11) is 1.61. The van der Waals surface area contributed by atoms with Crippen LogP contribution in [-0.4, -0.2) is 43.1 Å². The molecule has 1 heterocycles. The van der Waals surface area contributed by atoms with E-state index in [1.165, 1.54) is 0 Å². The van der Waals surface area contributed by atoms with Crippen molar-refractivity contribution in [3.05, 3.63) is 23.8 Å². The minimum Gasteiger partial charge on any atom is -0.481 e. The number of benzene rings is 1. The molecule has 0 radical (unpaired) electrons. The van der Waals surface area contributed by atoms with E-state index < -0.39 is 6.10 Å². The van der Waals surface area contributed by atoms with Crippen molar-refractivity contribution in [3.63, 3.8) is 0 Å². The van der Waals surface area contributed by atoms with Gasteiger partial charge in [0.05, 0.1) is 6.61 Å². The van der Waals surface area contributed by atoms with Gasteiger partial charge in [0, 0.05) is 37.4 Å². The van der Waals surface area contributed by atoms with Gasteiger partial charge in [-0.15, -0.1) is 0 Å². The molecule has 2 rings (SSSR count). The number of amides is 2. The van der Waals surface area contributed by atoms with Crippen molar-refractivity contribution in [2.75, 3.05) is 25.6 Å². The molecule has 1 aliphatic rings. The van der Waals surface area contributed by atoms with E-state index in [0.29, 0.717) is 31.1 Å². The monoisotopic (exact) mass is 320 g/mol. The quantitative estimate of drug-likeness (QED) is 0.901. The van der Waals surface area contributed by atoms with Gasteiger partial charge in [0.15, 0.2) is 6.10 Å². The Bertz CT molecular complexity index is 586. The molecule has 23 heavy (non-hydrogen) atoms. The summed E-state index contributed by atoms with van der Waals surface area (Å²) in [4.78, 5) is 25.9. The van der Waals surface area contributed by atoms with Crippen LogP contribution in [0.5, 0.6) is 5.75 Å². The minimum absolute atomic E-state index is 0.0415. The first-order valence-electron chi connectivity index (χ1n) is 7.80. The Balaban J connectivity index is 2.23. The number of carbonyl (C=O) groups excluding carboxylic acids is 2. The highest BCUT2D eigenvalue weighted by Crippen LogP contribution is 2.28. The molecule has 1 N–H and O–H groups in total. The lowest BCUT2D eigenvalue weighted by Crippen LogP contribution is -2.39. The van der Waals surface area contributed by atoms with Crippen molar-refractivity contribution in [3.8, 4) is 5.75 Å². The van der Waals surface area contributed by atoms with Crippen molar-refractivity contribution in [2.45, 2.75) is 33.4 Å². The van der Waals surface area contributed by atoms with Crippen molar-refractivity contribution >= 4 is 17.5 Å². The van der Waals surface area contributed by atoms with Crippen LogP contribution in [0.25, 0.3) is 0 Å². The smallest absolute Gasteiger partial charge is 0.263 e. The van der Waals surface area contributed by atoms with Crippen LogP contribution in [0.2, 0.25) is 0 Å². The number of anilines is 1. The van der Waals surface area contributed by atoms with Crippen LogP contribution in [0.1, 0.15) is 26.3 Å². The second-order valence-electron chi connectivity index (χ2n) is 5.98. The maximum absolute atomic E-state index is 12.3. The summed E-state index contributed by atoms with van der Waals surface area (Å²) in [6, 6.07) is 5.46. The zero-order valence-electron chi connectivity index (χ0n) is 14.1. The van der Waals surface area contributed by atoms with Crippen LogP contribution in [0, 0.1) is 5.92 Å². The predicted molar refractivity (Wildman–Crippen MR) is 87.3 cm³/mol. The summed E-state index contributed by atoms with van der Waals surface area (Å²) in [6.45, 7) is 6.84. The van der Waals surface area contributed by atoms with Gasteiger partial charge in [-0.3, -0.25) is 9.59 Å². The van der Waals surface area contributed by atoms with E-state index in [1.54, 1.807) is 31.1 Å². The molecule has 0 aliphatic carbocycles. The number of hydrogen-bond acceptors (Lipinski definition) is 4. The van der Waals surface area contributed by atoms with E-state index in [9.17, 15) is 9.59 Å². The van der Waals surface area contributed by atoms with Gasteiger partial charge in [0.25, 0.3) is 5.91 Å². The Morgan fingerprint density at radius 2 is 2.22 bits per heavy atom. The molecule has 2 amide bonds. The van der Waals surface area contributed by atoms with Gasteiger partial charge in [0.2, 0.25) is 5.91 Å². The third-order valence-electron chi connectivity index (χ3n) is 3.74. The van der Waals surface area contributed by atoms with Gasteiger partial charge in [0.1, 0.15) is 5.75 Å². The van der Waals surface area contributed by atoms with E-state index in [-0.39, 0.29) is 17.7 Å². The summed E-state index contributed by atoms with van der Waals surface area (Å²) in [5.74, 6) is 0.476. The zero-order valence-corrected chi connectivity index (χ0v) is 14.1. The molecule has 0 saturated carbocycles. The average Bonchev–Trinajstić information content (AvgIpc) is 2.63. The first-order valence-corrected chi connectivity index (χ1v) is 7.80. The van der Waals surface area contributed by atoms with Crippen molar-refractivity contribution < 1.29 is 19.1 Å². The fourth-order valence-electron chi connectivity index (χ4n) is 2.35. The second kappa shape index (κ2) is 7.46. The van der Waals surface area contributed by atoms with Gasteiger partial charge in [-0.05, 0) is 25.1 Å². The third kappa shape index (κ3) is 4.22. The fourth-order valence-corrected chi connectivity index (χ4v) is 2.35. The van der Waals surface area contributed by atoms with Gasteiger partial charge in [-0.25, -0.2) is 0 Å². The SMILES string of the molecule is COCCN1Cc2cc(NC(=O)C(C)C)ccc2OC(C)C1=O. The molecule has 0 spiro atoms. The summed E-state index contributed by atoms with van der Waals surface area (Å²) in [5.41, 5.74) is 1.58. The number of rotatable bonds is 5. The highest BCUT2D eigenvalue weighted by Gasteiger charge is 2.27. The number of nitrogens with one attached hydrogen (secondary N) is 1. The first-order chi connectivity index (χ1) is 10.9. The highest BCUT2D eigenvalue weighted by molar-refractivity contribution is 5.92. The summed E-state index contributed by atoms with van der Waals surface area (Å²) < 4.78 is 10.8. The molecular formula is C17H24N2O4. The first kappa shape index (κ1) is 17.3. The van der Waals surface area contributed by atoms with Crippen LogP contribution < -0.4 is 10.1 Å². The van der Waals surface area contributed by atoms with Gasteiger partial charge < -0.3 is 19.7 Å². The van der Waals surface area contributed by atoms with Gasteiger partial charge >= 0.3 is 0 Å². The van der Waals surface area contributed by atoms with E-state index in [2.05, 4.69) is 5.32 Å². The third-order valence-corrected chi connectivity index (χ3v) is 3.74. The molecule has 0 aromatic heterocycles. The molecule has 6 nitrogen and oxygen atoms in total. The number of methoxy groups -OCH3 is 1. The number of carbonyl (C=O) groups is 2. The Morgan fingerprint density at radius 3 is 2.87 bits per heavy atom. The summed E-state index contributed by atoms with van der Waals surface area (Å²) >= 11 is 0. The maximum Gasteiger partial charge on any atom is 0.263 e. The van der Waals surface area contributed by atoms with Gasteiger partial charge in [-0.2, -0.15) is 0 Å². The summed E-state index contributed by atoms with van der Waals surface area (Å²) in [5, 5.41) is 2.87. The Morgan fingerprint density at radius 1 is 1.48 bits per heavy atom. The molecule has 1 aliphatic heterocycles. The number of fused-ring (bicyclic) bond motifs is 1. The molecular weight excluding hydrogens is 296 g/mol. The lowest BCUT2D eigenvalue weighted by Gasteiger charge is -2.21. The van der Waals surface area contributed by atoms with Gasteiger partial charge in [-0.1, -0.05) is 13.8 Å². The molecule has 0 bridgehead atoms. The largest absolute Gasteiger partial charge is 0.481 e. The normalized spacial score (nSPS) is 17.5. The fraction of sp³-hybridized carbons (Fsp3) is 0.529. The minimum atomic E-state index is -0.538. The number of nitrogens with zero attached hydrogens (tertiary/aromatic N) is 1. The predicted octanol–water partition coefficient (Wildman–Crippen LogP) is 2.04. The van der Waals surface area contributed by atoms with Crippen LogP contribution >= 0.6 is 0 Å². The number of ether oxygens (including phenoxy) is 2. The maximum atomic E-state index is 12.3. The highest BCUT2D eigenvalue weighted by atomic mass is 16.5. The van der Waals surface area contributed by atoms with Crippen LogP contribution in [0.4, 0.5) is 5.69 Å². The van der Waals surface area contributed by atoms with Crippen LogP contribution in [0.15, 0.2) is 18.2 Å². The van der Waals surface area contributed by atoms with Crippen molar-refractivity contribution in [1.29, 1.82) is 0 Å². The number of hydrogen-bond donors (Lipinski definition) is 1. The van der Waals surface area contributed by atoms with E-state index in [1.807, 2.05) is 19.9 Å². The molecule has 1 atom stereocenters. The summed E-state index contributed by atoms with van der Waals surface area (Å²) in [6.07, 6.45) is -0.538. The molecule has 126 valence electrons.